The highest BCUT2D eigenvalue weighted by Crippen LogP contribution is 2.41. The number of aromatic nitrogens is 4. The summed E-state index contributed by atoms with van der Waals surface area (Å²) in [5.41, 5.74) is 1.14. The van der Waals surface area contributed by atoms with Gasteiger partial charge in [-0.05, 0) is 13.8 Å². The van der Waals surface area contributed by atoms with Gasteiger partial charge in [0.05, 0.1) is 23.8 Å². The standard InChI is InChI=1S/C13H17N5OS/c1-13(2)7-9-10(11-16-14-8-18(11)13)20-12(15-9)17-3-5-19-6-4-17/h8H,3-7H2,1-2H3. The van der Waals surface area contributed by atoms with E-state index in [-0.39, 0.29) is 5.54 Å². The molecule has 0 aliphatic carbocycles. The number of hydrogen-bond acceptors (Lipinski definition) is 6. The summed E-state index contributed by atoms with van der Waals surface area (Å²) in [4.78, 5) is 8.33. The quantitative estimate of drug-likeness (QED) is 0.797. The zero-order valence-electron chi connectivity index (χ0n) is 11.7. The van der Waals surface area contributed by atoms with E-state index in [2.05, 4.69) is 33.5 Å². The number of fused-ring (bicyclic) bond motifs is 3. The van der Waals surface area contributed by atoms with Gasteiger partial charge in [-0.15, -0.1) is 10.2 Å². The van der Waals surface area contributed by atoms with Crippen LogP contribution in [-0.4, -0.2) is 46.1 Å². The van der Waals surface area contributed by atoms with Crippen LogP contribution in [0.3, 0.4) is 0 Å². The Hall–Kier alpha value is -1.47. The smallest absolute Gasteiger partial charge is 0.186 e. The summed E-state index contributed by atoms with van der Waals surface area (Å²) in [6.45, 7) is 7.82. The third-order valence-electron chi connectivity index (χ3n) is 3.97. The summed E-state index contributed by atoms with van der Waals surface area (Å²) < 4.78 is 7.57. The maximum absolute atomic E-state index is 5.41. The average molecular weight is 291 g/mol. The summed E-state index contributed by atoms with van der Waals surface area (Å²) in [6, 6.07) is 0. The van der Waals surface area contributed by atoms with E-state index in [0.717, 1.165) is 49.4 Å². The Labute approximate surface area is 121 Å². The molecule has 0 amide bonds. The maximum atomic E-state index is 5.41. The molecule has 2 aromatic rings. The first-order valence-corrected chi connectivity index (χ1v) is 7.70. The van der Waals surface area contributed by atoms with Crippen LogP contribution in [0.2, 0.25) is 0 Å². The van der Waals surface area contributed by atoms with E-state index in [4.69, 9.17) is 9.72 Å². The molecule has 0 bridgehead atoms. The highest BCUT2D eigenvalue weighted by atomic mass is 32.1. The third kappa shape index (κ3) is 1.76. The van der Waals surface area contributed by atoms with Crippen molar-refractivity contribution in [1.29, 1.82) is 0 Å². The Morgan fingerprint density at radius 3 is 2.90 bits per heavy atom. The van der Waals surface area contributed by atoms with E-state index in [1.807, 2.05) is 6.33 Å². The van der Waals surface area contributed by atoms with E-state index < -0.39 is 0 Å². The van der Waals surface area contributed by atoms with Crippen LogP contribution in [0, 0.1) is 0 Å². The van der Waals surface area contributed by atoms with Gasteiger partial charge in [-0.25, -0.2) is 4.98 Å². The monoisotopic (exact) mass is 291 g/mol. The Morgan fingerprint density at radius 2 is 2.10 bits per heavy atom. The van der Waals surface area contributed by atoms with Crippen molar-refractivity contribution in [2.75, 3.05) is 31.2 Å². The Balaban J connectivity index is 1.77. The molecule has 2 aliphatic rings. The average Bonchev–Trinajstić information content (AvgIpc) is 3.05. The number of anilines is 1. The van der Waals surface area contributed by atoms with Gasteiger partial charge in [-0.2, -0.15) is 0 Å². The second-order valence-electron chi connectivity index (χ2n) is 5.89. The highest BCUT2D eigenvalue weighted by molar-refractivity contribution is 7.19. The molecule has 20 heavy (non-hydrogen) atoms. The minimum absolute atomic E-state index is 0.0117. The summed E-state index contributed by atoms with van der Waals surface area (Å²) in [7, 11) is 0. The van der Waals surface area contributed by atoms with Gasteiger partial charge in [-0.3, -0.25) is 0 Å². The fourth-order valence-electron chi connectivity index (χ4n) is 2.85. The fraction of sp³-hybridized carbons (Fsp3) is 0.615. The number of rotatable bonds is 1. The summed E-state index contributed by atoms with van der Waals surface area (Å²) >= 11 is 1.73. The number of thiazole rings is 1. The lowest BCUT2D eigenvalue weighted by atomic mass is 9.94. The van der Waals surface area contributed by atoms with Gasteiger partial charge in [0.2, 0.25) is 0 Å². The predicted octanol–water partition coefficient (Wildman–Crippen LogP) is 1.53. The van der Waals surface area contributed by atoms with Crippen molar-refractivity contribution < 1.29 is 4.74 Å². The third-order valence-corrected chi connectivity index (χ3v) is 5.13. The van der Waals surface area contributed by atoms with Gasteiger partial charge in [0.1, 0.15) is 6.33 Å². The predicted molar refractivity (Wildman–Crippen MR) is 77.2 cm³/mol. The van der Waals surface area contributed by atoms with Crippen LogP contribution in [-0.2, 0) is 16.7 Å². The van der Waals surface area contributed by atoms with Crippen molar-refractivity contribution in [2.24, 2.45) is 0 Å². The van der Waals surface area contributed by atoms with E-state index in [1.165, 1.54) is 4.88 Å². The van der Waals surface area contributed by atoms with E-state index in [9.17, 15) is 0 Å². The van der Waals surface area contributed by atoms with Crippen molar-refractivity contribution in [3.8, 4) is 10.7 Å². The van der Waals surface area contributed by atoms with Crippen molar-refractivity contribution in [3.05, 3.63) is 12.0 Å². The summed E-state index contributed by atoms with van der Waals surface area (Å²) in [5, 5.41) is 9.46. The first-order chi connectivity index (χ1) is 9.65. The number of ether oxygens (including phenoxy) is 1. The summed E-state index contributed by atoms with van der Waals surface area (Å²) in [6.07, 6.45) is 2.75. The lowest BCUT2D eigenvalue weighted by molar-refractivity contribution is 0.122. The van der Waals surface area contributed by atoms with Gasteiger partial charge in [-0.1, -0.05) is 11.3 Å². The van der Waals surface area contributed by atoms with Crippen LogP contribution < -0.4 is 4.90 Å². The molecule has 4 heterocycles. The zero-order valence-corrected chi connectivity index (χ0v) is 12.5. The molecule has 0 aromatic carbocycles. The highest BCUT2D eigenvalue weighted by Gasteiger charge is 2.35. The van der Waals surface area contributed by atoms with Gasteiger partial charge in [0, 0.05) is 25.0 Å². The van der Waals surface area contributed by atoms with Crippen LogP contribution in [0.25, 0.3) is 10.7 Å². The van der Waals surface area contributed by atoms with Crippen LogP contribution in [0.1, 0.15) is 19.5 Å². The van der Waals surface area contributed by atoms with Crippen LogP contribution >= 0.6 is 11.3 Å². The lowest BCUT2D eigenvalue weighted by Crippen LogP contribution is -2.36. The van der Waals surface area contributed by atoms with E-state index in [0.29, 0.717) is 0 Å². The fourth-order valence-corrected chi connectivity index (χ4v) is 3.97. The molecule has 0 unspecified atom stereocenters. The van der Waals surface area contributed by atoms with Gasteiger partial charge >= 0.3 is 0 Å². The normalized spacial score (nSPS) is 20.6. The molecule has 1 saturated heterocycles. The molecule has 0 radical (unpaired) electrons. The molecule has 4 rings (SSSR count). The molecule has 106 valence electrons. The van der Waals surface area contributed by atoms with Gasteiger partial charge in [0.25, 0.3) is 0 Å². The molecule has 2 aliphatic heterocycles. The number of nitrogens with zero attached hydrogens (tertiary/aromatic N) is 5. The molecular weight excluding hydrogens is 274 g/mol. The first kappa shape index (κ1) is 12.3. The second kappa shape index (κ2) is 4.26. The van der Waals surface area contributed by atoms with Gasteiger partial charge < -0.3 is 14.2 Å². The van der Waals surface area contributed by atoms with Crippen LogP contribution in [0.15, 0.2) is 6.33 Å². The molecule has 0 N–H and O–H groups in total. The Bertz CT molecular complexity index is 641. The largest absolute Gasteiger partial charge is 0.378 e. The SMILES string of the molecule is CC1(C)Cc2nc(N3CCOCC3)sc2-c2nncn21. The number of morpholine rings is 1. The minimum atomic E-state index is -0.0117. The second-order valence-corrected chi connectivity index (χ2v) is 6.86. The van der Waals surface area contributed by atoms with Crippen LogP contribution in [0.5, 0.6) is 0 Å². The van der Waals surface area contributed by atoms with Crippen LogP contribution in [0.4, 0.5) is 5.13 Å². The van der Waals surface area contributed by atoms with E-state index in [1.54, 1.807) is 11.3 Å². The molecule has 0 spiro atoms. The first-order valence-electron chi connectivity index (χ1n) is 6.88. The molecule has 6 nitrogen and oxygen atoms in total. The Morgan fingerprint density at radius 1 is 1.30 bits per heavy atom. The molecule has 2 aromatic heterocycles. The lowest BCUT2D eigenvalue weighted by Gasteiger charge is -2.30. The maximum Gasteiger partial charge on any atom is 0.186 e. The summed E-state index contributed by atoms with van der Waals surface area (Å²) in [5.74, 6) is 0.952. The van der Waals surface area contributed by atoms with Crippen molar-refractivity contribution in [2.45, 2.75) is 25.8 Å². The topological polar surface area (TPSA) is 56.1 Å². The minimum Gasteiger partial charge on any atom is -0.378 e. The van der Waals surface area contributed by atoms with E-state index >= 15 is 0 Å². The van der Waals surface area contributed by atoms with Gasteiger partial charge in [0.15, 0.2) is 11.0 Å². The molecule has 1 fully saturated rings. The molecular formula is C13H17N5OS. The van der Waals surface area contributed by atoms with Crippen molar-refractivity contribution in [3.63, 3.8) is 0 Å². The van der Waals surface area contributed by atoms with Crippen molar-refractivity contribution >= 4 is 16.5 Å². The molecule has 0 saturated carbocycles. The van der Waals surface area contributed by atoms with Crippen molar-refractivity contribution in [1.82, 2.24) is 19.7 Å². The molecule has 7 heteroatoms. The molecule has 0 atom stereocenters. The Kier molecular flexibility index (Phi) is 2.62. The zero-order chi connectivity index (χ0) is 13.7. The number of hydrogen-bond donors (Lipinski definition) is 0.